The van der Waals surface area contributed by atoms with Crippen LogP contribution in [0.3, 0.4) is 0 Å². The van der Waals surface area contributed by atoms with Crippen LogP contribution in [0.5, 0.6) is 0 Å². The summed E-state index contributed by atoms with van der Waals surface area (Å²) in [7, 11) is 0. The van der Waals surface area contributed by atoms with Gasteiger partial charge in [-0.15, -0.1) is 0 Å². The van der Waals surface area contributed by atoms with E-state index in [1.54, 1.807) is 0 Å². The highest BCUT2D eigenvalue weighted by Crippen LogP contribution is 2.23. The van der Waals surface area contributed by atoms with Gasteiger partial charge in [0.05, 0.1) is 0 Å². The molecule has 1 atom stereocenters. The zero-order valence-electron chi connectivity index (χ0n) is 15.5. The van der Waals surface area contributed by atoms with Crippen molar-refractivity contribution in [3.8, 4) is 0 Å². The lowest BCUT2D eigenvalue weighted by molar-refractivity contribution is 0.102. The van der Waals surface area contributed by atoms with Crippen LogP contribution in [0.1, 0.15) is 40.0 Å². The highest BCUT2D eigenvalue weighted by Gasteiger charge is 2.09. The minimum Gasteiger partial charge on any atom is -0.322 e. The molecule has 0 spiro atoms. The van der Waals surface area contributed by atoms with Crippen LogP contribution in [-0.2, 0) is 6.54 Å². The van der Waals surface area contributed by atoms with Crippen LogP contribution in [0.2, 0.25) is 0 Å². The van der Waals surface area contributed by atoms with Crippen LogP contribution in [-0.4, -0.2) is 5.91 Å². The van der Waals surface area contributed by atoms with Crippen LogP contribution in [0.25, 0.3) is 0 Å². The maximum Gasteiger partial charge on any atom is 0.255 e. The molecule has 0 saturated heterocycles. The molecule has 3 aromatic carbocycles. The molecule has 3 rings (SSSR count). The van der Waals surface area contributed by atoms with E-state index in [0.717, 1.165) is 27.8 Å². The fraction of sp³-hybridized carbons (Fsp3) is 0.174. The molecule has 3 aromatic rings. The van der Waals surface area contributed by atoms with E-state index in [0.29, 0.717) is 5.56 Å². The lowest BCUT2D eigenvalue weighted by Gasteiger charge is -2.16. The number of halogens is 1. The predicted octanol–water partition coefficient (Wildman–Crippen LogP) is 5.86. The molecule has 0 saturated carbocycles. The molecule has 2 N–H and O–H groups in total. The van der Waals surface area contributed by atoms with E-state index in [2.05, 4.69) is 51.7 Å². The number of hydrogen-bond donors (Lipinski definition) is 2. The molecule has 0 radical (unpaired) electrons. The Balaban J connectivity index is 1.62. The van der Waals surface area contributed by atoms with Gasteiger partial charge in [0.2, 0.25) is 0 Å². The van der Waals surface area contributed by atoms with E-state index in [4.69, 9.17) is 0 Å². The summed E-state index contributed by atoms with van der Waals surface area (Å²) in [5, 5.41) is 6.50. The largest absolute Gasteiger partial charge is 0.322 e. The van der Waals surface area contributed by atoms with E-state index in [-0.39, 0.29) is 11.9 Å². The Bertz CT molecular complexity index is 922. The second kappa shape index (κ2) is 8.98. The molecule has 1 unspecified atom stereocenters. The zero-order chi connectivity index (χ0) is 19.2. The van der Waals surface area contributed by atoms with Gasteiger partial charge < -0.3 is 10.6 Å². The first-order chi connectivity index (χ1) is 13.0. The Morgan fingerprint density at radius 1 is 1.00 bits per heavy atom. The SMILES string of the molecule is Cc1ccc(C(=O)Nc2cccc(CNC(C)c3ccccc3Br)c2)cc1. The number of aryl methyl sites for hydroxylation is 1. The normalized spacial score (nSPS) is 11.8. The van der Waals surface area contributed by atoms with Crippen molar-refractivity contribution in [2.24, 2.45) is 0 Å². The maximum atomic E-state index is 12.4. The maximum absolute atomic E-state index is 12.4. The molecule has 0 aliphatic heterocycles. The van der Waals surface area contributed by atoms with E-state index >= 15 is 0 Å². The number of nitrogens with one attached hydrogen (secondary N) is 2. The van der Waals surface area contributed by atoms with E-state index in [1.807, 2.05) is 61.5 Å². The summed E-state index contributed by atoms with van der Waals surface area (Å²) in [6.45, 7) is 4.87. The van der Waals surface area contributed by atoms with Gasteiger partial charge in [-0.2, -0.15) is 0 Å². The van der Waals surface area contributed by atoms with Gasteiger partial charge in [0.1, 0.15) is 0 Å². The summed E-state index contributed by atoms with van der Waals surface area (Å²) in [6, 6.07) is 23.9. The van der Waals surface area contributed by atoms with Crippen molar-refractivity contribution < 1.29 is 4.79 Å². The number of rotatable bonds is 6. The molecule has 3 nitrogen and oxygen atoms in total. The summed E-state index contributed by atoms with van der Waals surface area (Å²) in [5.74, 6) is -0.0957. The fourth-order valence-electron chi connectivity index (χ4n) is 2.87. The Hall–Kier alpha value is -2.43. The molecule has 0 bridgehead atoms. The number of anilines is 1. The van der Waals surface area contributed by atoms with Crippen LogP contribution < -0.4 is 10.6 Å². The fourth-order valence-corrected chi connectivity index (χ4v) is 3.50. The number of benzene rings is 3. The molecule has 0 aromatic heterocycles. The van der Waals surface area contributed by atoms with Crippen molar-refractivity contribution in [1.82, 2.24) is 5.32 Å². The number of carbonyl (C=O) groups is 1. The topological polar surface area (TPSA) is 41.1 Å². The van der Waals surface area contributed by atoms with Gasteiger partial charge >= 0.3 is 0 Å². The molecule has 138 valence electrons. The quantitative estimate of drug-likeness (QED) is 0.521. The third-order valence-corrected chi connectivity index (χ3v) is 5.20. The summed E-state index contributed by atoms with van der Waals surface area (Å²) < 4.78 is 1.10. The van der Waals surface area contributed by atoms with Crippen LogP contribution in [0.15, 0.2) is 77.3 Å². The highest BCUT2D eigenvalue weighted by atomic mass is 79.9. The summed E-state index contributed by atoms with van der Waals surface area (Å²) >= 11 is 3.60. The number of amides is 1. The third kappa shape index (κ3) is 5.28. The van der Waals surface area contributed by atoms with Crippen molar-refractivity contribution in [3.05, 3.63) is 99.5 Å². The van der Waals surface area contributed by atoms with Gasteiger partial charge in [-0.3, -0.25) is 4.79 Å². The molecular formula is C23H23BrN2O. The molecule has 0 heterocycles. The summed E-state index contributed by atoms with van der Waals surface area (Å²) in [5.41, 5.74) is 4.94. The zero-order valence-corrected chi connectivity index (χ0v) is 17.1. The number of carbonyl (C=O) groups excluding carboxylic acids is 1. The molecule has 4 heteroatoms. The van der Waals surface area contributed by atoms with Gasteiger partial charge in [0.25, 0.3) is 5.91 Å². The van der Waals surface area contributed by atoms with Gasteiger partial charge in [-0.1, -0.05) is 64.0 Å². The first-order valence-corrected chi connectivity index (χ1v) is 9.77. The Labute approximate surface area is 168 Å². The Morgan fingerprint density at radius 2 is 1.74 bits per heavy atom. The molecule has 0 fully saturated rings. The highest BCUT2D eigenvalue weighted by molar-refractivity contribution is 9.10. The number of hydrogen-bond acceptors (Lipinski definition) is 2. The van der Waals surface area contributed by atoms with E-state index in [9.17, 15) is 4.79 Å². The first kappa shape index (κ1) is 19.3. The van der Waals surface area contributed by atoms with Crippen molar-refractivity contribution in [1.29, 1.82) is 0 Å². The molecular weight excluding hydrogens is 400 g/mol. The smallest absolute Gasteiger partial charge is 0.255 e. The minimum atomic E-state index is -0.0957. The molecule has 0 aliphatic carbocycles. The average Bonchev–Trinajstić information content (AvgIpc) is 2.67. The van der Waals surface area contributed by atoms with Crippen LogP contribution in [0, 0.1) is 6.92 Å². The second-order valence-electron chi connectivity index (χ2n) is 6.64. The Morgan fingerprint density at radius 3 is 2.48 bits per heavy atom. The first-order valence-electron chi connectivity index (χ1n) is 8.97. The minimum absolute atomic E-state index is 0.0957. The molecule has 0 aliphatic rings. The van der Waals surface area contributed by atoms with Crippen molar-refractivity contribution in [2.75, 3.05) is 5.32 Å². The van der Waals surface area contributed by atoms with E-state index < -0.39 is 0 Å². The van der Waals surface area contributed by atoms with Gasteiger partial charge in [0, 0.05) is 28.3 Å². The monoisotopic (exact) mass is 422 g/mol. The second-order valence-corrected chi connectivity index (χ2v) is 7.50. The average molecular weight is 423 g/mol. The van der Waals surface area contributed by atoms with Gasteiger partial charge in [-0.25, -0.2) is 0 Å². The van der Waals surface area contributed by atoms with Crippen molar-refractivity contribution in [2.45, 2.75) is 26.4 Å². The molecule has 27 heavy (non-hydrogen) atoms. The third-order valence-electron chi connectivity index (χ3n) is 4.48. The van der Waals surface area contributed by atoms with Crippen molar-refractivity contribution in [3.63, 3.8) is 0 Å². The summed E-state index contributed by atoms with van der Waals surface area (Å²) in [4.78, 5) is 12.4. The van der Waals surface area contributed by atoms with E-state index in [1.165, 1.54) is 5.56 Å². The standard InChI is InChI=1S/C23H23BrN2O/c1-16-10-12-19(13-11-16)23(27)26-20-7-5-6-18(14-20)15-25-17(2)21-8-3-4-9-22(21)24/h3-14,17,25H,15H2,1-2H3,(H,26,27). The Kier molecular flexibility index (Phi) is 6.43. The van der Waals surface area contributed by atoms with Gasteiger partial charge in [-0.05, 0) is 55.3 Å². The van der Waals surface area contributed by atoms with Crippen molar-refractivity contribution >= 4 is 27.5 Å². The molecule has 1 amide bonds. The van der Waals surface area contributed by atoms with Gasteiger partial charge in [0.15, 0.2) is 0 Å². The lowest BCUT2D eigenvalue weighted by Crippen LogP contribution is -2.18. The van der Waals surface area contributed by atoms with Crippen LogP contribution >= 0.6 is 15.9 Å². The van der Waals surface area contributed by atoms with Crippen LogP contribution in [0.4, 0.5) is 5.69 Å². The summed E-state index contributed by atoms with van der Waals surface area (Å²) in [6.07, 6.45) is 0. The predicted molar refractivity (Wildman–Crippen MR) is 115 cm³/mol. The lowest BCUT2D eigenvalue weighted by atomic mass is 10.1.